The largest absolute Gasteiger partial charge is 0.458 e. The first-order valence-electron chi connectivity index (χ1n) is 6.06. The Labute approximate surface area is 119 Å². The molecule has 0 N–H and O–H groups in total. The van der Waals surface area contributed by atoms with E-state index in [-0.39, 0.29) is 11.5 Å². The molecule has 0 spiro atoms. The van der Waals surface area contributed by atoms with Crippen molar-refractivity contribution in [3.05, 3.63) is 41.5 Å². The summed E-state index contributed by atoms with van der Waals surface area (Å²) in [6.45, 7) is 3.64. The molecule has 0 saturated carbocycles. The zero-order valence-electron chi connectivity index (χ0n) is 12.1. The van der Waals surface area contributed by atoms with Crippen molar-refractivity contribution < 1.29 is 17.9 Å². The predicted molar refractivity (Wildman–Crippen MR) is 76.5 cm³/mol. The molecule has 1 aromatic rings. The first-order valence-corrected chi connectivity index (χ1v) is 7.50. The van der Waals surface area contributed by atoms with Crippen LogP contribution < -0.4 is 0 Å². The van der Waals surface area contributed by atoms with E-state index in [1.807, 2.05) is 0 Å². The fourth-order valence-electron chi connectivity index (χ4n) is 1.44. The number of rotatable bonds is 5. The number of sulfonamides is 1. The third kappa shape index (κ3) is 4.47. The Morgan fingerprint density at radius 2 is 1.95 bits per heavy atom. The Morgan fingerprint density at radius 1 is 1.30 bits per heavy atom. The number of ether oxygens (including phenoxy) is 1. The lowest BCUT2D eigenvalue weighted by Crippen LogP contribution is -2.22. The first kappa shape index (κ1) is 16.4. The molecule has 0 aliphatic carbocycles. The molecule has 0 aliphatic rings. The maximum absolute atomic E-state index is 12.0. The Hall–Kier alpha value is -1.66. The van der Waals surface area contributed by atoms with E-state index >= 15 is 0 Å². The molecule has 6 heteroatoms. The van der Waals surface area contributed by atoms with E-state index in [0.29, 0.717) is 5.56 Å². The van der Waals surface area contributed by atoms with Gasteiger partial charge in [0.25, 0.3) is 0 Å². The number of esters is 1. The molecule has 0 bridgehead atoms. The second-order valence-electron chi connectivity index (χ2n) is 4.76. The third-order valence-corrected chi connectivity index (χ3v) is 4.28. The van der Waals surface area contributed by atoms with Crippen molar-refractivity contribution in [2.45, 2.75) is 25.3 Å². The van der Waals surface area contributed by atoms with Crippen LogP contribution in [0.25, 0.3) is 0 Å². The Morgan fingerprint density at radius 3 is 2.50 bits per heavy atom. The average molecular weight is 297 g/mol. The number of carbonyl (C=O) groups is 1. The van der Waals surface area contributed by atoms with Crippen molar-refractivity contribution in [1.29, 1.82) is 0 Å². The van der Waals surface area contributed by atoms with Gasteiger partial charge in [0.2, 0.25) is 10.0 Å². The van der Waals surface area contributed by atoms with Gasteiger partial charge in [-0.15, -0.1) is 0 Å². The minimum Gasteiger partial charge on any atom is -0.458 e. The number of hydrogen-bond acceptors (Lipinski definition) is 4. The molecular weight excluding hydrogens is 278 g/mol. The fourth-order valence-corrected chi connectivity index (χ4v) is 2.41. The predicted octanol–water partition coefficient (Wildman–Crippen LogP) is 1.95. The van der Waals surface area contributed by atoms with E-state index < -0.39 is 16.0 Å². The van der Waals surface area contributed by atoms with Crippen LogP contribution in [0.1, 0.15) is 19.4 Å². The van der Waals surface area contributed by atoms with Crippen molar-refractivity contribution in [3.63, 3.8) is 0 Å². The number of carbonyl (C=O) groups excluding carboxylic acids is 1. The lowest BCUT2D eigenvalue weighted by atomic mass is 10.2. The Bertz CT molecular complexity index is 614. The van der Waals surface area contributed by atoms with Crippen molar-refractivity contribution in [2.24, 2.45) is 0 Å². The summed E-state index contributed by atoms with van der Waals surface area (Å²) in [4.78, 5) is 11.6. The molecule has 1 aromatic carbocycles. The number of benzene rings is 1. The van der Waals surface area contributed by atoms with Gasteiger partial charge in [-0.25, -0.2) is 17.5 Å². The normalized spacial score (nSPS) is 11.2. The summed E-state index contributed by atoms with van der Waals surface area (Å²) in [7, 11) is -0.538. The van der Waals surface area contributed by atoms with Gasteiger partial charge in [0, 0.05) is 20.2 Å². The molecule has 110 valence electrons. The maximum Gasteiger partial charge on any atom is 0.331 e. The number of allylic oxidation sites excluding steroid dienone is 1. The Balaban J connectivity index is 2.85. The molecule has 0 heterocycles. The Kier molecular flexibility index (Phi) is 5.47. The molecule has 0 atom stereocenters. The molecular formula is C14H19NO4S. The second kappa shape index (κ2) is 6.67. The van der Waals surface area contributed by atoms with Gasteiger partial charge in [-0.05, 0) is 31.5 Å². The van der Waals surface area contributed by atoms with Gasteiger partial charge in [0.1, 0.15) is 6.61 Å². The van der Waals surface area contributed by atoms with Gasteiger partial charge in [-0.1, -0.05) is 17.7 Å². The van der Waals surface area contributed by atoms with E-state index in [1.54, 1.807) is 26.0 Å². The standard InChI is InChI=1S/C14H19NO4S/c1-11(2)8-14(16)19-10-12-6-5-7-13(9-12)20(17,18)15(3)4/h5-9H,10H2,1-4H3. The molecule has 0 aromatic heterocycles. The van der Waals surface area contributed by atoms with Gasteiger partial charge < -0.3 is 4.74 Å². The molecule has 0 aliphatic heterocycles. The molecule has 0 unspecified atom stereocenters. The molecule has 0 saturated heterocycles. The highest BCUT2D eigenvalue weighted by Gasteiger charge is 2.17. The van der Waals surface area contributed by atoms with Crippen LogP contribution in [0, 0.1) is 0 Å². The van der Waals surface area contributed by atoms with Crippen LogP contribution >= 0.6 is 0 Å². The van der Waals surface area contributed by atoms with E-state index in [0.717, 1.165) is 9.88 Å². The van der Waals surface area contributed by atoms with Crippen molar-refractivity contribution >= 4 is 16.0 Å². The zero-order chi connectivity index (χ0) is 15.3. The number of hydrogen-bond donors (Lipinski definition) is 0. The summed E-state index contributed by atoms with van der Waals surface area (Å²) in [5, 5.41) is 0. The zero-order valence-corrected chi connectivity index (χ0v) is 12.9. The summed E-state index contributed by atoms with van der Waals surface area (Å²) in [5.41, 5.74) is 1.47. The minimum absolute atomic E-state index is 0.0411. The SMILES string of the molecule is CC(C)=CC(=O)OCc1cccc(S(=O)(=O)N(C)C)c1. The summed E-state index contributed by atoms with van der Waals surface area (Å²) in [6.07, 6.45) is 1.39. The topological polar surface area (TPSA) is 63.7 Å². The van der Waals surface area contributed by atoms with E-state index in [4.69, 9.17) is 4.74 Å². The van der Waals surface area contributed by atoms with Crippen LogP contribution in [-0.2, 0) is 26.2 Å². The first-order chi connectivity index (χ1) is 9.23. The van der Waals surface area contributed by atoms with Gasteiger partial charge >= 0.3 is 5.97 Å². The van der Waals surface area contributed by atoms with Crippen LogP contribution in [0.4, 0.5) is 0 Å². The quantitative estimate of drug-likeness (QED) is 0.615. The van der Waals surface area contributed by atoms with Crippen LogP contribution in [0.5, 0.6) is 0 Å². The smallest absolute Gasteiger partial charge is 0.331 e. The van der Waals surface area contributed by atoms with Crippen LogP contribution in [-0.4, -0.2) is 32.8 Å². The van der Waals surface area contributed by atoms with Gasteiger partial charge in [-0.3, -0.25) is 0 Å². The van der Waals surface area contributed by atoms with Gasteiger partial charge in [-0.2, -0.15) is 0 Å². The molecule has 0 fully saturated rings. The maximum atomic E-state index is 12.0. The molecule has 0 radical (unpaired) electrons. The highest BCUT2D eigenvalue weighted by Crippen LogP contribution is 2.15. The van der Waals surface area contributed by atoms with Crippen molar-refractivity contribution in [3.8, 4) is 0 Å². The summed E-state index contributed by atoms with van der Waals surface area (Å²) in [6, 6.07) is 6.35. The average Bonchev–Trinajstić information content (AvgIpc) is 2.35. The van der Waals surface area contributed by atoms with Crippen molar-refractivity contribution in [2.75, 3.05) is 14.1 Å². The molecule has 0 amide bonds. The van der Waals surface area contributed by atoms with E-state index in [9.17, 15) is 13.2 Å². The lowest BCUT2D eigenvalue weighted by molar-refractivity contribution is -0.139. The van der Waals surface area contributed by atoms with Gasteiger partial charge in [0.15, 0.2) is 0 Å². The highest BCUT2D eigenvalue weighted by molar-refractivity contribution is 7.89. The third-order valence-electron chi connectivity index (χ3n) is 2.46. The second-order valence-corrected chi connectivity index (χ2v) is 6.92. The van der Waals surface area contributed by atoms with Gasteiger partial charge in [0.05, 0.1) is 4.90 Å². The van der Waals surface area contributed by atoms with Crippen LogP contribution in [0.3, 0.4) is 0 Å². The monoisotopic (exact) mass is 297 g/mol. The summed E-state index contributed by atoms with van der Waals surface area (Å²) in [5.74, 6) is -0.439. The summed E-state index contributed by atoms with van der Waals surface area (Å²) >= 11 is 0. The minimum atomic E-state index is -3.48. The van der Waals surface area contributed by atoms with Crippen LogP contribution in [0.15, 0.2) is 40.8 Å². The molecule has 1 rings (SSSR count). The summed E-state index contributed by atoms with van der Waals surface area (Å²) < 4.78 is 30.1. The lowest BCUT2D eigenvalue weighted by Gasteiger charge is -2.12. The van der Waals surface area contributed by atoms with E-state index in [1.165, 1.54) is 32.3 Å². The molecule has 20 heavy (non-hydrogen) atoms. The van der Waals surface area contributed by atoms with Crippen LogP contribution in [0.2, 0.25) is 0 Å². The van der Waals surface area contributed by atoms with E-state index in [2.05, 4.69) is 0 Å². The van der Waals surface area contributed by atoms with Crippen molar-refractivity contribution in [1.82, 2.24) is 4.31 Å². The highest BCUT2D eigenvalue weighted by atomic mass is 32.2. The fraction of sp³-hybridized carbons (Fsp3) is 0.357. The molecule has 5 nitrogen and oxygen atoms in total. The number of nitrogens with zero attached hydrogens (tertiary/aromatic N) is 1.